The molecule has 0 aromatic rings. The summed E-state index contributed by atoms with van der Waals surface area (Å²) in [6, 6.07) is 0. The molecule has 1 rings (SSSR count). The van der Waals surface area contributed by atoms with Crippen LogP contribution in [0.1, 0.15) is 97.8 Å². The molecule has 24 heavy (non-hydrogen) atoms. The van der Waals surface area contributed by atoms with Gasteiger partial charge in [0.05, 0.1) is 5.54 Å². The second kappa shape index (κ2) is 13.1. The zero-order valence-corrected chi connectivity index (χ0v) is 16.2. The maximum atomic E-state index is 5.61. The topological polar surface area (TPSA) is 21.6 Å². The highest BCUT2D eigenvalue weighted by Crippen LogP contribution is 2.19. The van der Waals surface area contributed by atoms with Crippen LogP contribution in [0.25, 0.3) is 0 Å². The van der Waals surface area contributed by atoms with E-state index in [0.29, 0.717) is 0 Å². The maximum Gasteiger partial charge on any atom is 0.183 e. The zero-order valence-electron chi connectivity index (χ0n) is 16.2. The minimum atomic E-state index is -0.00203. The Hall–Kier alpha value is -1.23. The van der Waals surface area contributed by atoms with Crippen LogP contribution in [0, 0.1) is 11.8 Å². The minimum absolute atomic E-state index is 0.00203. The average molecular weight is 332 g/mol. The Morgan fingerprint density at radius 1 is 1.04 bits per heavy atom. The summed E-state index contributed by atoms with van der Waals surface area (Å²) < 4.78 is 5.61. The second-order valence-corrected chi connectivity index (χ2v) is 7.45. The molecule has 0 saturated heterocycles. The molecule has 0 atom stereocenters. The molecule has 2 nitrogen and oxygen atoms in total. The van der Waals surface area contributed by atoms with E-state index < -0.39 is 0 Å². The van der Waals surface area contributed by atoms with Crippen LogP contribution >= 0.6 is 0 Å². The number of nitrogens with zero attached hydrogens (tertiary/aromatic N) is 1. The van der Waals surface area contributed by atoms with Gasteiger partial charge >= 0.3 is 0 Å². The van der Waals surface area contributed by atoms with Crippen LogP contribution in [-0.2, 0) is 4.74 Å². The van der Waals surface area contributed by atoms with Crippen molar-refractivity contribution in [1.29, 1.82) is 0 Å². The third-order valence-electron chi connectivity index (χ3n) is 4.24. The van der Waals surface area contributed by atoms with Gasteiger partial charge in [-0.25, -0.2) is 4.99 Å². The lowest BCUT2D eigenvalue weighted by molar-refractivity contribution is 0.273. The molecule has 0 fully saturated rings. The first-order chi connectivity index (χ1) is 11.6. The van der Waals surface area contributed by atoms with Gasteiger partial charge in [-0.3, -0.25) is 0 Å². The van der Waals surface area contributed by atoms with E-state index in [0.717, 1.165) is 25.3 Å². The minimum Gasteiger partial charge on any atom is -0.478 e. The third-order valence-corrected chi connectivity index (χ3v) is 4.24. The Morgan fingerprint density at radius 3 is 2.54 bits per heavy atom. The molecule has 0 aromatic carbocycles. The first kappa shape index (κ1) is 20.8. The molecule has 0 spiro atoms. The van der Waals surface area contributed by atoms with Crippen LogP contribution in [0.3, 0.4) is 0 Å². The summed E-state index contributed by atoms with van der Waals surface area (Å²) in [6.45, 7) is 7.25. The number of hydrogen-bond acceptors (Lipinski definition) is 2. The van der Waals surface area contributed by atoms with Gasteiger partial charge in [-0.1, -0.05) is 63.4 Å². The highest BCUT2D eigenvalue weighted by molar-refractivity contribution is 5.78. The smallest absolute Gasteiger partial charge is 0.183 e. The molecule has 0 bridgehead atoms. The van der Waals surface area contributed by atoms with Crippen molar-refractivity contribution in [2.45, 2.75) is 103 Å². The lowest BCUT2D eigenvalue weighted by atomic mass is 10.1. The molecule has 0 aliphatic carbocycles. The number of ether oxygens (including phenoxy) is 1. The van der Waals surface area contributed by atoms with E-state index in [4.69, 9.17) is 4.74 Å². The van der Waals surface area contributed by atoms with Gasteiger partial charge in [0.25, 0.3) is 0 Å². The molecule has 1 aliphatic rings. The summed E-state index contributed by atoms with van der Waals surface area (Å²) in [6.07, 6.45) is 19.1. The first-order valence-corrected chi connectivity index (χ1v) is 9.99. The molecule has 2 heteroatoms. The fourth-order valence-corrected chi connectivity index (χ4v) is 2.77. The fraction of sp³-hybridized carbons (Fsp3) is 0.773. The quantitative estimate of drug-likeness (QED) is 0.297. The van der Waals surface area contributed by atoms with E-state index in [-0.39, 0.29) is 5.54 Å². The summed E-state index contributed by atoms with van der Waals surface area (Å²) in [5, 5.41) is 0. The predicted octanol–water partition coefficient (Wildman–Crippen LogP) is 6.45. The van der Waals surface area contributed by atoms with Gasteiger partial charge in [-0.2, -0.15) is 0 Å². The van der Waals surface area contributed by atoms with Crippen LogP contribution in [0.4, 0.5) is 0 Å². The fourth-order valence-electron chi connectivity index (χ4n) is 2.77. The normalized spacial score (nSPS) is 15.9. The lowest BCUT2D eigenvalue weighted by Gasteiger charge is -2.07. The standard InChI is InChI=1S/C22H37NO/c1-4-5-6-7-8-9-10-11-12-13-14-15-16-17-18-19-21-23-22(2,3)20-24-21/h9-10H,4-8,13-20H2,1-3H3/b10-9-. The summed E-state index contributed by atoms with van der Waals surface area (Å²) >= 11 is 0. The van der Waals surface area contributed by atoms with Crippen molar-refractivity contribution in [1.82, 2.24) is 0 Å². The zero-order chi connectivity index (χ0) is 17.5. The van der Waals surface area contributed by atoms with Crippen LogP contribution in [0.5, 0.6) is 0 Å². The number of allylic oxidation sites excluding steroid dienone is 2. The van der Waals surface area contributed by atoms with Gasteiger partial charge < -0.3 is 4.74 Å². The second-order valence-electron chi connectivity index (χ2n) is 7.45. The van der Waals surface area contributed by atoms with Gasteiger partial charge in [0.15, 0.2) is 5.90 Å². The molecule has 136 valence electrons. The number of rotatable bonds is 12. The van der Waals surface area contributed by atoms with Gasteiger partial charge in [0.1, 0.15) is 6.61 Å². The Kier molecular flexibility index (Phi) is 11.4. The van der Waals surface area contributed by atoms with E-state index in [1.54, 1.807) is 0 Å². The SMILES string of the molecule is CCCCCC/C=C\C#CCCCCCCCC1=NC(C)(C)CO1. The molecule has 0 radical (unpaired) electrons. The van der Waals surface area contributed by atoms with Crippen molar-refractivity contribution in [3.05, 3.63) is 12.2 Å². The Morgan fingerprint density at radius 2 is 1.79 bits per heavy atom. The van der Waals surface area contributed by atoms with E-state index in [9.17, 15) is 0 Å². The molecule has 0 N–H and O–H groups in total. The molecule has 1 heterocycles. The van der Waals surface area contributed by atoms with Crippen molar-refractivity contribution >= 4 is 5.90 Å². The summed E-state index contributed by atoms with van der Waals surface area (Å²) in [5.41, 5.74) is -0.00203. The van der Waals surface area contributed by atoms with Crippen LogP contribution < -0.4 is 0 Å². The van der Waals surface area contributed by atoms with Gasteiger partial charge in [-0.05, 0) is 45.6 Å². The van der Waals surface area contributed by atoms with Gasteiger partial charge in [0.2, 0.25) is 0 Å². The number of unbranched alkanes of at least 4 members (excludes halogenated alkanes) is 9. The van der Waals surface area contributed by atoms with Crippen LogP contribution in [-0.4, -0.2) is 18.0 Å². The van der Waals surface area contributed by atoms with E-state index in [1.165, 1.54) is 64.2 Å². The van der Waals surface area contributed by atoms with Crippen molar-refractivity contribution in [3.8, 4) is 11.8 Å². The molecule has 0 amide bonds. The largest absolute Gasteiger partial charge is 0.478 e. The summed E-state index contributed by atoms with van der Waals surface area (Å²) in [7, 11) is 0. The monoisotopic (exact) mass is 331 g/mol. The molecule has 0 saturated carbocycles. The third kappa shape index (κ3) is 11.3. The van der Waals surface area contributed by atoms with Crippen molar-refractivity contribution in [2.24, 2.45) is 4.99 Å². The summed E-state index contributed by atoms with van der Waals surface area (Å²) in [4.78, 5) is 4.59. The maximum absolute atomic E-state index is 5.61. The molecule has 0 aromatic heterocycles. The first-order valence-electron chi connectivity index (χ1n) is 9.99. The van der Waals surface area contributed by atoms with E-state index >= 15 is 0 Å². The van der Waals surface area contributed by atoms with Gasteiger partial charge in [0, 0.05) is 12.8 Å². The lowest BCUT2D eigenvalue weighted by Crippen LogP contribution is -2.17. The molecular weight excluding hydrogens is 294 g/mol. The molecular formula is C22H37NO. The predicted molar refractivity (Wildman–Crippen MR) is 105 cm³/mol. The number of aliphatic imine (C=N–C) groups is 1. The summed E-state index contributed by atoms with van der Waals surface area (Å²) in [5.74, 6) is 7.38. The van der Waals surface area contributed by atoms with E-state index in [2.05, 4.69) is 43.7 Å². The highest BCUT2D eigenvalue weighted by atomic mass is 16.5. The van der Waals surface area contributed by atoms with Crippen molar-refractivity contribution in [3.63, 3.8) is 0 Å². The average Bonchev–Trinajstić information content (AvgIpc) is 2.90. The highest BCUT2D eigenvalue weighted by Gasteiger charge is 2.25. The van der Waals surface area contributed by atoms with E-state index in [1.807, 2.05) is 6.08 Å². The molecule has 1 aliphatic heterocycles. The van der Waals surface area contributed by atoms with Crippen molar-refractivity contribution < 1.29 is 4.74 Å². The van der Waals surface area contributed by atoms with Crippen LogP contribution in [0.2, 0.25) is 0 Å². The Bertz CT molecular complexity index is 437. The van der Waals surface area contributed by atoms with Crippen LogP contribution in [0.15, 0.2) is 17.1 Å². The molecule has 0 unspecified atom stereocenters. The Balaban J connectivity index is 1.87. The Labute approximate surface area is 150 Å². The van der Waals surface area contributed by atoms with Gasteiger partial charge in [-0.15, -0.1) is 0 Å². The van der Waals surface area contributed by atoms with Crippen molar-refractivity contribution in [2.75, 3.05) is 6.61 Å². The number of hydrogen-bond donors (Lipinski definition) is 0.